The summed E-state index contributed by atoms with van der Waals surface area (Å²) in [7, 11) is -1.78. The summed E-state index contributed by atoms with van der Waals surface area (Å²) in [5, 5.41) is 15.3. The average Bonchev–Trinajstić information content (AvgIpc) is 2.72. The molecule has 0 saturated carbocycles. The second-order valence-corrected chi connectivity index (χ2v) is 11.3. The molecule has 3 aromatic carbocycles. The predicted octanol–water partition coefficient (Wildman–Crippen LogP) is 3.43. The Hall–Kier alpha value is -1.85. The van der Waals surface area contributed by atoms with E-state index in [0.29, 0.717) is 5.56 Å². The molecule has 0 unspecified atom stereocenters. The number of aromatic carboxylic acids is 1. The number of carboxylic acids is 1. The number of rotatable bonds is 8. The second kappa shape index (κ2) is 10.6. The Morgan fingerprint density at radius 3 is 1.82 bits per heavy atom. The molecule has 3 nitrogen and oxygen atoms in total. The van der Waals surface area contributed by atoms with Crippen molar-refractivity contribution in [2.24, 2.45) is 0 Å². The van der Waals surface area contributed by atoms with Crippen LogP contribution in [0.15, 0.2) is 84.9 Å². The Balaban J connectivity index is 0.00000280. The first kappa shape index (κ1) is 22.4. The fourth-order valence-corrected chi connectivity index (χ4v) is 7.12. The van der Waals surface area contributed by atoms with Crippen molar-refractivity contribution >= 4 is 59.7 Å². The SMILES string of the molecule is C[Si](CCCNc1ccc(C(=O)O)cc1)(c1ccccc1)c1ccccc1.[NaH]. The zero-order chi connectivity index (χ0) is 19.1. The molecule has 0 aliphatic carbocycles. The van der Waals surface area contributed by atoms with E-state index in [9.17, 15) is 4.79 Å². The zero-order valence-corrected chi connectivity index (χ0v) is 16.6. The first-order valence-corrected chi connectivity index (χ1v) is 12.0. The number of benzene rings is 3. The number of hydrogen-bond acceptors (Lipinski definition) is 2. The molecule has 0 amide bonds. The van der Waals surface area contributed by atoms with Gasteiger partial charge in [0.2, 0.25) is 0 Å². The molecule has 2 N–H and O–H groups in total. The Bertz CT molecular complexity index is 831. The fourth-order valence-electron chi connectivity index (χ4n) is 3.47. The third-order valence-corrected chi connectivity index (χ3v) is 9.71. The first-order chi connectivity index (χ1) is 13.1. The molecule has 3 rings (SSSR count). The van der Waals surface area contributed by atoms with Gasteiger partial charge in [0.25, 0.3) is 0 Å². The van der Waals surface area contributed by atoms with Gasteiger partial charge in [0, 0.05) is 12.2 Å². The number of anilines is 1. The van der Waals surface area contributed by atoms with Gasteiger partial charge in [-0.25, -0.2) is 4.79 Å². The van der Waals surface area contributed by atoms with E-state index < -0.39 is 14.0 Å². The van der Waals surface area contributed by atoms with Gasteiger partial charge in [-0.15, -0.1) is 0 Å². The van der Waals surface area contributed by atoms with Crippen molar-refractivity contribution in [3.05, 3.63) is 90.5 Å². The van der Waals surface area contributed by atoms with Gasteiger partial charge < -0.3 is 10.4 Å². The summed E-state index contributed by atoms with van der Waals surface area (Å²) in [6.07, 6.45) is 1.06. The number of nitrogens with one attached hydrogen (secondary N) is 1. The summed E-state index contributed by atoms with van der Waals surface area (Å²) in [5.74, 6) is -0.894. The van der Waals surface area contributed by atoms with Crippen LogP contribution in [0.25, 0.3) is 0 Å². The molecule has 0 aliphatic rings. The zero-order valence-electron chi connectivity index (χ0n) is 15.6. The average molecular weight is 400 g/mol. The van der Waals surface area contributed by atoms with Crippen LogP contribution in [0.1, 0.15) is 16.8 Å². The monoisotopic (exact) mass is 399 g/mol. The fraction of sp³-hybridized carbons (Fsp3) is 0.174. The summed E-state index contributed by atoms with van der Waals surface area (Å²) < 4.78 is 0. The molecule has 0 aliphatic heterocycles. The predicted molar refractivity (Wildman–Crippen MR) is 122 cm³/mol. The van der Waals surface area contributed by atoms with Crippen LogP contribution < -0.4 is 15.7 Å². The van der Waals surface area contributed by atoms with Crippen molar-refractivity contribution in [3.8, 4) is 0 Å². The molecular weight excluding hydrogens is 373 g/mol. The van der Waals surface area contributed by atoms with Crippen molar-refractivity contribution < 1.29 is 9.90 Å². The van der Waals surface area contributed by atoms with Crippen LogP contribution in [-0.4, -0.2) is 55.3 Å². The van der Waals surface area contributed by atoms with E-state index in [1.165, 1.54) is 10.4 Å². The van der Waals surface area contributed by atoms with E-state index in [2.05, 4.69) is 72.5 Å². The van der Waals surface area contributed by atoms with Crippen LogP contribution in [0.3, 0.4) is 0 Å². The Morgan fingerprint density at radius 1 is 0.857 bits per heavy atom. The molecule has 3 aromatic rings. The molecule has 5 heteroatoms. The van der Waals surface area contributed by atoms with E-state index in [4.69, 9.17) is 5.11 Å². The summed E-state index contributed by atoms with van der Waals surface area (Å²) in [6, 6.07) is 29.8. The van der Waals surface area contributed by atoms with Gasteiger partial charge in [0.05, 0.1) is 5.56 Å². The standard InChI is InChI=1S/C23H25NO2Si.Na.H/c1-27(21-9-4-2-5-10-21,22-11-6-3-7-12-22)18-8-17-24-20-15-13-19(14-16-20)23(25)26;;/h2-7,9-16,24H,8,17-18H2,1H3,(H,25,26);;. The molecule has 0 spiro atoms. The van der Waals surface area contributed by atoms with Crippen molar-refractivity contribution in [1.29, 1.82) is 0 Å². The van der Waals surface area contributed by atoms with Gasteiger partial charge in [-0.05, 0) is 36.7 Å². The maximum atomic E-state index is 10.9. The molecule has 0 bridgehead atoms. The summed E-state index contributed by atoms with van der Waals surface area (Å²) in [4.78, 5) is 10.9. The van der Waals surface area contributed by atoms with Gasteiger partial charge in [-0.1, -0.05) is 77.6 Å². The normalized spacial score (nSPS) is 10.8. The molecule has 0 aromatic heterocycles. The van der Waals surface area contributed by atoms with Crippen LogP contribution in [0, 0.1) is 0 Å². The molecule has 140 valence electrons. The number of carbonyl (C=O) groups is 1. The van der Waals surface area contributed by atoms with E-state index in [1.54, 1.807) is 12.1 Å². The third kappa shape index (κ3) is 5.58. The van der Waals surface area contributed by atoms with Gasteiger partial charge in [0.15, 0.2) is 0 Å². The molecule has 0 saturated heterocycles. The van der Waals surface area contributed by atoms with Gasteiger partial charge in [-0.3, -0.25) is 0 Å². The van der Waals surface area contributed by atoms with Crippen LogP contribution in [0.2, 0.25) is 12.6 Å². The van der Waals surface area contributed by atoms with E-state index in [0.717, 1.165) is 24.7 Å². The van der Waals surface area contributed by atoms with Crippen molar-refractivity contribution in [2.45, 2.75) is 19.0 Å². The Morgan fingerprint density at radius 2 is 1.36 bits per heavy atom. The van der Waals surface area contributed by atoms with E-state index in [-0.39, 0.29) is 29.6 Å². The maximum absolute atomic E-state index is 10.9. The topological polar surface area (TPSA) is 49.3 Å². The molecule has 0 atom stereocenters. The van der Waals surface area contributed by atoms with Crippen LogP contribution in [0.5, 0.6) is 0 Å². The van der Waals surface area contributed by atoms with Gasteiger partial charge in [0.1, 0.15) is 8.07 Å². The Labute approximate surface area is 190 Å². The van der Waals surface area contributed by atoms with Crippen LogP contribution in [-0.2, 0) is 0 Å². The summed E-state index contributed by atoms with van der Waals surface area (Å²) in [5.41, 5.74) is 1.27. The van der Waals surface area contributed by atoms with Crippen LogP contribution >= 0.6 is 0 Å². The quantitative estimate of drug-likeness (QED) is 0.451. The van der Waals surface area contributed by atoms with Crippen molar-refractivity contribution in [1.82, 2.24) is 0 Å². The molecule has 0 heterocycles. The van der Waals surface area contributed by atoms with E-state index >= 15 is 0 Å². The third-order valence-electron chi connectivity index (χ3n) is 5.14. The first-order valence-electron chi connectivity index (χ1n) is 9.28. The molecule has 0 radical (unpaired) electrons. The summed E-state index contributed by atoms with van der Waals surface area (Å²) in [6.45, 7) is 3.31. The summed E-state index contributed by atoms with van der Waals surface area (Å²) >= 11 is 0. The van der Waals surface area contributed by atoms with Gasteiger partial charge >= 0.3 is 35.5 Å². The van der Waals surface area contributed by atoms with Crippen LogP contribution in [0.4, 0.5) is 5.69 Å². The molecular formula is C23H26NNaO2Si. The number of carboxylic acid groups (broad SMARTS) is 1. The molecule has 28 heavy (non-hydrogen) atoms. The van der Waals surface area contributed by atoms with E-state index in [1.807, 2.05) is 12.1 Å². The second-order valence-electron chi connectivity index (χ2n) is 6.98. The Kier molecular flexibility index (Phi) is 8.51. The van der Waals surface area contributed by atoms with Crippen molar-refractivity contribution in [2.75, 3.05) is 11.9 Å². The minimum absolute atomic E-state index is 0. The molecule has 0 fully saturated rings. The van der Waals surface area contributed by atoms with Gasteiger partial charge in [-0.2, -0.15) is 0 Å². The number of hydrogen-bond donors (Lipinski definition) is 2. The minimum atomic E-state index is -1.78. The van der Waals surface area contributed by atoms with Crippen molar-refractivity contribution in [3.63, 3.8) is 0 Å².